The predicted octanol–water partition coefficient (Wildman–Crippen LogP) is 2.33. The van der Waals surface area contributed by atoms with Gasteiger partial charge in [0.05, 0.1) is 11.2 Å². The average molecular weight is 394 g/mol. The van der Waals surface area contributed by atoms with Crippen molar-refractivity contribution in [1.82, 2.24) is 4.31 Å². The van der Waals surface area contributed by atoms with E-state index in [1.54, 1.807) is 26.0 Å². The SMILES string of the molecule is Cc1ccc(S(=O)(=O)N(C)C)cc1NC(=O)C(C)OC(=O)c1occc1C. The largest absolute Gasteiger partial charge is 0.457 e. The molecule has 0 saturated carbocycles. The van der Waals surface area contributed by atoms with Gasteiger partial charge in [-0.3, -0.25) is 4.79 Å². The molecule has 2 rings (SSSR count). The Kier molecular flexibility index (Phi) is 6.07. The summed E-state index contributed by atoms with van der Waals surface area (Å²) < 4.78 is 35.8. The number of carbonyl (C=O) groups is 2. The second-order valence-corrected chi connectivity index (χ2v) is 8.39. The summed E-state index contributed by atoms with van der Waals surface area (Å²) in [5, 5.41) is 2.60. The van der Waals surface area contributed by atoms with Gasteiger partial charge in [0.25, 0.3) is 5.91 Å². The molecule has 1 heterocycles. The fourth-order valence-electron chi connectivity index (χ4n) is 2.19. The lowest BCUT2D eigenvalue weighted by Crippen LogP contribution is -2.30. The number of nitrogens with zero attached hydrogens (tertiary/aromatic N) is 1. The first-order chi connectivity index (χ1) is 12.5. The van der Waals surface area contributed by atoms with Gasteiger partial charge in [0.2, 0.25) is 15.8 Å². The van der Waals surface area contributed by atoms with E-state index in [9.17, 15) is 18.0 Å². The number of nitrogens with one attached hydrogen (secondary N) is 1. The quantitative estimate of drug-likeness (QED) is 0.754. The van der Waals surface area contributed by atoms with E-state index in [0.717, 1.165) is 4.31 Å². The summed E-state index contributed by atoms with van der Waals surface area (Å²) in [5.41, 5.74) is 1.59. The van der Waals surface area contributed by atoms with Crippen molar-refractivity contribution in [1.29, 1.82) is 0 Å². The van der Waals surface area contributed by atoms with Crippen LogP contribution in [0, 0.1) is 13.8 Å². The smallest absolute Gasteiger partial charge is 0.375 e. The molecule has 1 unspecified atom stereocenters. The number of hydrogen-bond acceptors (Lipinski definition) is 6. The number of rotatable bonds is 6. The standard InChI is InChI=1S/C18H22N2O6S/c1-11-6-7-14(27(23,24)20(4)5)10-15(11)19-17(21)13(3)26-18(22)16-12(2)8-9-25-16/h6-10,13H,1-5H3,(H,19,21). The van der Waals surface area contributed by atoms with Crippen LogP contribution in [0.1, 0.15) is 28.6 Å². The highest BCUT2D eigenvalue weighted by atomic mass is 32.2. The zero-order valence-corrected chi connectivity index (χ0v) is 16.6. The molecular formula is C18H22N2O6S. The van der Waals surface area contributed by atoms with Crippen LogP contribution in [0.5, 0.6) is 0 Å². The molecule has 0 bridgehead atoms. The van der Waals surface area contributed by atoms with Crippen LogP contribution in [0.4, 0.5) is 5.69 Å². The molecule has 0 aliphatic carbocycles. The molecule has 1 N–H and O–H groups in total. The number of carbonyl (C=O) groups excluding carboxylic acids is 2. The molecule has 1 aromatic heterocycles. The third-order valence-corrected chi connectivity index (χ3v) is 5.76. The third kappa shape index (κ3) is 4.55. The Morgan fingerprint density at radius 3 is 2.37 bits per heavy atom. The lowest BCUT2D eigenvalue weighted by molar-refractivity contribution is -0.123. The van der Waals surface area contributed by atoms with Crippen molar-refractivity contribution in [2.45, 2.75) is 31.8 Å². The number of ether oxygens (including phenoxy) is 1. The van der Waals surface area contributed by atoms with Crippen LogP contribution in [0.15, 0.2) is 39.8 Å². The van der Waals surface area contributed by atoms with Crippen LogP contribution in [0.3, 0.4) is 0 Å². The maximum atomic E-state index is 12.4. The first-order valence-corrected chi connectivity index (χ1v) is 9.57. The van der Waals surface area contributed by atoms with E-state index in [-0.39, 0.29) is 10.7 Å². The number of furan rings is 1. The summed E-state index contributed by atoms with van der Waals surface area (Å²) in [4.78, 5) is 24.5. The molecule has 8 nitrogen and oxygen atoms in total. The van der Waals surface area contributed by atoms with E-state index >= 15 is 0 Å². The molecule has 27 heavy (non-hydrogen) atoms. The molecule has 1 aromatic carbocycles. The van der Waals surface area contributed by atoms with E-state index < -0.39 is 28.0 Å². The second kappa shape index (κ2) is 7.93. The van der Waals surface area contributed by atoms with Crippen molar-refractivity contribution in [3.8, 4) is 0 Å². The fraction of sp³-hybridized carbons (Fsp3) is 0.333. The van der Waals surface area contributed by atoms with Crippen LogP contribution in [-0.2, 0) is 19.6 Å². The number of hydrogen-bond donors (Lipinski definition) is 1. The Labute approximate surface area is 158 Å². The van der Waals surface area contributed by atoms with Gasteiger partial charge in [0.15, 0.2) is 6.10 Å². The summed E-state index contributed by atoms with van der Waals surface area (Å²) in [6.45, 7) is 4.83. The minimum Gasteiger partial charge on any atom is -0.457 e. The van der Waals surface area contributed by atoms with Gasteiger partial charge in [-0.2, -0.15) is 0 Å². The Balaban J connectivity index is 2.15. The number of amides is 1. The van der Waals surface area contributed by atoms with Gasteiger partial charge >= 0.3 is 5.97 Å². The van der Waals surface area contributed by atoms with Gasteiger partial charge < -0.3 is 14.5 Å². The van der Waals surface area contributed by atoms with Crippen LogP contribution in [0.25, 0.3) is 0 Å². The summed E-state index contributed by atoms with van der Waals surface area (Å²) in [7, 11) is -0.797. The number of benzene rings is 1. The third-order valence-electron chi connectivity index (χ3n) is 3.95. The number of aryl methyl sites for hydroxylation is 2. The lowest BCUT2D eigenvalue weighted by atomic mass is 10.2. The Bertz CT molecular complexity index is 962. The Hall–Kier alpha value is -2.65. The summed E-state index contributed by atoms with van der Waals surface area (Å²) >= 11 is 0. The van der Waals surface area contributed by atoms with E-state index in [1.165, 1.54) is 39.4 Å². The molecule has 1 atom stereocenters. The van der Waals surface area contributed by atoms with E-state index in [1.807, 2.05) is 0 Å². The number of sulfonamides is 1. The summed E-state index contributed by atoms with van der Waals surface area (Å²) in [5.74, 6) is -1.30. The van der Waals surface area contributed by atoms with E-state index in [2.05, 4.69) is 5.32 Å². The summed E-state index contributed by atoms with van der Waals surface area (Å²) in [6, 6.07) is 6.04. The van der Waals surface area contributed by atoms with E-state index in [4.69, 9.17) is 9.15 Å². The van der Waals surface area contributed by atoms with Crippen molar-refractivity contribution < 1.29 is 27.2 Å². The number of esters is 1. The van der Waals surface area contributed by atoms with Gasteiger partial charge in [-0.15, -0.1) is 0 Å². The molecule has 146 valence electrons. The maximum absolute atomic E-state index is 12.4. The fourth-order valence-corrected chi connectivity index (χ4v) is 3.12. The minimum atomic E-state index is -3.64. The molecule has 0 saturated heterocycles. The van der Waals surface area contributed by atoms with Crippen LogP contribution >= 0.6 is 0 Å². The molecule has 0 aliphatic heterocycles. The molecular weight excluding hydrogens is 372 g/mol. The van der Waals surface area contributed by atoms with Crippen LogP contribution < -0.4 is 5.32 Å². The van der Waals surface area contributed by atoms with Gasteiger partial charge in [0, 0.05) is 25.3 Å². The normalized spacial score (nSPS) is 12.7. The first-order valence-electron chi connectivity index (χ1n) is 8.13. The Morgan fingerprint density at radius 2 is 1.81 bits per heavy atom. The van der Waals surface area contributed by atoms with Gasteiger partial charge in [-0.1, -0.05) is 6.07 Å². The number of anilines is 1. The molecule has 0 radical (unpaired) electrons. The minimum absolute atomic E-state index is 0.0323. The van der Waals surface area contributed by atoms with Crippen molar-refractivity contribution in [3.05, 3.63) is 47.4 Å². The van der Waals surface area contributed by atoms with Gasteiger partial charge in [-0.05, 0) is 44.5 Å². The van der Waals surface area contributed by atoms with Crippen molar-refractivity contribution in [2.24, 2.45) is 0 Å². The predicted molar refractivity (Wildman–Crippen MR) is 99.0 cm³/mol. The molecule has 0 spiro atoms. The zero-order valence-electron chi connectivity index (χ0n) is 15.8. The molecule has 9 heteroatoms. The lowest BCUT2D eigenvalue weighted by Gasteiger charge is -2.16. The van der Waals surface area contributed by atoms with Gasteiger partial charge in [0.1, 0.15) is 0 Å². The molecule has 0 aliphatic rings. The van der Waals surface area contributed by atoms with E-state index in [0.29, 0.717) is 16.8 Å². The molecule has 2 aromatic rings. The van der Waals surface area contributed by atoms with Crippen molar-refractivity contribution >= 4 is 27.6 Å². The highest BCUT2D eigenvalue weighted by Gasteiger charge is 2.23. The topological polar surface area (TPSA) is 106 Å². The van der Waals surface area contributed by atoms with Crippen molar-refractivity contribution in [2.75, 3.05) is 19.4 Å². The van der Waals surface area contributed by atoms with Crippen LogP contribution in [-0.4, -0.2) is 44.8 Å². The highest BCUT2D eigenvalue weighted by molar-refractivity contribution is 7.89. The summed E-state index contributed by atoms with van der Waals surface area (Å²) in [6.07, 6.45) is 0.256. The molecule has 1 amide bonds. The monoisotopic (exact) mass is 394 g/mol. The molecule has 0 fully saturated rings. The first kappa shape index (κ1) is 20.7. The highest BCUT2D eigenvalue weighted by Crippen LogP contribution is 2.22. The van der Waals surface area contributed by atoms with Crippen LogP contribution in [0.2, 0.25) is 0 Å². The Morgan fingerprint density at radius 1 is 1.15 bits per heavy atom. The van der Waals surface area contributed by atoms with Gasteiger partial charge in [-0.25, -0.2) is 17.5 Å². The average Bonchev–Trinajstić information content (AvgIpc) is 3.02. The maximum Gasteiger partial charge on any atom is 0.375 e. The second-order valence-electron chi connectivity index (χ2n) is 6.23. The van der Waals surface area contributed by atoms with Crippen molar-refractivity contribution in [3.63, 3.8) is 0 Å². The zero-order chi connectivity index (χ0) is 20.4.